The van der Waals surface area contributed by atoms with Gasteiger partial charge in [0.05, 0.1) is 12.3 Å². The number of Topliss-reactive ketones (excluding diaryl/α,β-unsaturated/α-hetero) is 1. The second-order valence-corrected chi connectivity index (χ2v) is 6.82. The Morgan fingerprint density at radius 1 is 1.17 bits per heavy atom. The second kappa shape index (κ2) is 6.36. The molecule has 24 heavy (non-hydrogen) atoms. The Bertz CT molecular complexity index is 747. The van der Waals surface area contributed by atoms with Crippen molar-refractivity contribution in [1.29, 1.82) is 0 Å². The molecule has 1 aliphatic rings. The van der Waals surface area contributed by atoms with Crippen LogP contribution in [0.5, 0.6) is 0 Å². The predicted molar refractivity (Wildman–Crippen MR) is 82.4 cm³/mol. The lowest BCUT2D eigenvalue weighted by Crippen LogP contribution is -2.55. The minimum absolute atomic E-state index is 0.156. The third-order valence-corrected chi connectivity index (χ3v) is 4.97. The summed E-state index contributed by atoms with van der Waals surface area (Å²) in [5.74, 6) is -7.12. The van der Waals surface area contributed by atoms with Gasteiger partial charge in [-0.2, -0.15) is 8.42 Å². The number of hydrogen-bond acceptors (Lipinski definition) is 7. The molecule has 0 radical (unpaired) electrons. The Hall–Kier alpha value is -1.62. The first-order valence-electron chi connectivity index (χ1n) is 6.91. The number of aliphatic hydroxyl groups is 2. The van der Waals surface area contributed by atoms with Crippen molar-refractivity contribution in [2.24, 2.45) is 5.92 Å². The summed E-state index contributed by atoms with van der Waals surface area (Å²) in [7, 11) is -2.66. The van der Waals surface area contributed by atoms with Gasteiger partial charge in [-0.3, -0.25) is 9.35 Å². The van der Waals surface area contributed by atoms with Crippen molar-refractivity contribution < 1.29 is 37.5 Å². The first kappa shape index (κ1) is 18.7. The summed E-state index contributed by atoms with van der Waals surface area (Å²) in [6.07, 6.45) is -0.0387. The summed E-state index contributed by atoms with van der Waals surface area (Å²) in [4.78, 5) is 11.8. The molecule has 132 valence electrons. The molecule has 0 bridgehead atoms. The summed E-state index contributed by atoms with van der Waals surface area (Å²) in [5.41, 5.74) is 0.156. The van der Waals surface area contributed by atoms with E-state index in [0.717, 1.165) is 20.3 Å². The molecular weight excluding hydrogens is 340 g/mol. The van der Waals surface area contributed by atoms with E-state index in [4.69, 9.17) is 9.47 Å². The third kappa shape index (κ3) is 3.27. The molecule has 0 amide bonds. The van der Waals surface area contributed by atoms with Crippen LogP contribution in [0.3, 0.4) is 0 Å². The highest BCUT2D eigenvalue weighted by atomic mass is 32.2. The van der Waals surface area contributed by atoms with Gasteiger partial charge in [0, 0.05) is 19.8 Å². The van der Waals surface area contributed by atoms with E-state index in [0.29, 0.717) is 0 Å². The number of hydrogen-bond donors (Lipinski definition) is 3. The SMILES string of the molecule is COC1(OC)CC(O)(O)C(C(=O)c2ccccc2)C=C1S(=O)(=O)O. The fraction of sp³-hybridized carbons (Fsp3) is 0.400. The molecule has 9 heteroatoms. The Balaban J connectivity index is 2.62. The zero-order valence-corrected chi connectivity index (χ0v) is 13.9. The van der Waals surface area contributed by atoms with Crippen LogP contribution in [0.25, 0.3) is 0 Å². The average Bonchev–Trinajstić information content (AvgIpc) is 2.52. The van der Waals surface area contributed by atoms with Crippen LogP contribution in [-0.4, -0.2) is 54.8 Å². The van der Waals surface area contributed by atoms with E-state index in [1.165, 1.54) is 12.1 Å². The molecule has 0 aliphatic heterocycles. The molecule has 1 unspecified atom stereocenters. The number of ketones is 1. The molecule has 0 fully saturated rings. The van der Waals surface area contributed by atoms with Gasteiger partial charge in [-0.15, -0.1) is 0 Å². The zero-order chi connectivity index (χ0) is 18.2. The molecule has 0 spiro atoms. The van der Waals surface area contributed by atoms with Crippen LogP contribution in [0.4, 0.5) is 0 Å². The van der Waals surface area contributed by atoms with Gasteiger partial charge < -0.3 is 19.7 Å². The first-order chi connectivity index (χ1) is 11.1. The van der Waals surface area contributed by atoms with Gasteiger partial charge in [0.1, 0.15) is 4.91 Å². The lowest BCUT2D eigenvalue weighted by molar-refractivity contribution is -0.271. The molecular formula is C15H18O8S. The number of methoxy groups -OCH3 is 2. The van der Waals surface area contributed by atoms with Crippen LogP contribution in [0.1, 0.15) is 16.8 Å². The first-order valence-corrected chi connectivity index (χ1v) is 8.35. The quantitative estimate of drug-likeness (QED) is 0.390. The topological polar surface area (TPSA) is 130 Å². The molecule has 0 aromatic heterocycles. The smallest absolute Gasteiger partial charge is 0.295 e. The molecule has 2 rings (SSSR count). The summed E-state index contributed by atoms with van der Waals surface area (Å²) in [6.45, 7) is 0. The highest BCUT2D eigenvalue weighted by molar-refractivity contribution is 7.89. The minimum atomic E-state index is -4.82. The standard InChI is InChI=1S/C15H18O8S/c1-22-15(23-2)9-14(17,18)11(8-12(15)24(19,20)21)13(16)10-6-4-3-5-7-10/h3-8,11,17-18H,9H2,1-2H3,(H,19,20,21). The Kier molecular flexibility index (Phi) is 4.96. The molecule has 0 heterocycles. The number of carbonyl (C=O) groups is 1. The van der Waals surface area contributed by atoms with Gasteiger partial charge in [0.2, 0.25) is 5.79 Å². The Morgan fingerprint density at radius 3 is 2.17 bits per heavy atom. The van der Waals surface area contributed by atoms with Gasteiger partial charge in [0.15, 0.2) is 11.6 Å². The highest BCUT2D eigenvalue weighted by Crippen LogP contribution is 2.43. The summed E-state index contributed by atoms with van der Waals surface area (Å²) < 4.78 is 42.8. The maximum absolute atomic E-state index is 12.6. The van der Waals surface area contributed by atoms with E-state index >= 15 is 0 Å². The molecule has 1 aliphatic carbocycles. The van der Waals surface area contributed by atoms with E-state index in [1.54, 1.807) is 18.2 Å². The summed E-state index contributed by atoms with van der Waals surface area (Å²) >= 11 is 0. The van der Waals surface area contributed by atoms with Crippen LogP contribution in [0.15, 0.2) is 41.3 Å². The van der Waals surface area contributed by atoms with Crippen LogP contribution in [-0.2, 0) is 19.6 Å². The Morgan fingerprint density at radius 2 is 1.71 bits per heavy atom. The van der Waals surface area contributed by atoms with Crippen molar-refractivity contribution in [3.05, 3.63) is 46.9 Å². The second-order valence-electron chi connectivity index (χ2n) is 5.43. The minimum Gasteiger partial charge on any atom is -0.365 e. The average molecular weight is 358 g/mol. The van der Waals surface area contributed by atoms with Crippen LogP contribution in [0.2, 0.25) is 0 Å². The van der Waals surface area contributed by atoms with E-state index in [2.05, 4.69) is 0 Å². The van der Waals surface area contributed by atoms with Gasteiger partial charge in [-0.1, -0.05) is 30.3 Å². The molecule has 0 saturated heterocycles. The van der Waals surface area contributed by atoms with Gasteiger partial charge >= 0.3 is 0 Å². The van der Waals surface area contributed by atoms with Gasteiger partial charge in [-0.05, 0) is 6.08 Å². The summed E-state index contributed by atoms with van der Waals surface area (Å²) in [6, 6.07) is 7.73. The highest BCUT2D eigenvalue weighted by Gasteiger charge is 2.56. The number of rotatable bonds is 5. The van der Waals surface area contributed by atoms with Crippen molar-refractivity contribution in [3.63, 3.8) is 0 Å². The van der Waals surface area contributed by atoms with Crippen LogP contribution < -0.4 is 0 Å². The Labute approximate surface area is 139 Å². The van der Waals surface area contributed by atoms with Crippen molar-refractivity contribution in [2.45, 2.75) is 18.0 Å². The largest absolute Gasteiger partial charge is 0.365 e. The summed E-state index contributed by atoms with van der Waals surface area (Å²) in [5, 5.41) is 20.6. The number of ether oxygens (including phenoxy) is 2. The van der Waals surface area contributed by atoms with Crippen LogP contribution in [0, 0.1) is 5.92 Å². The van der Waals surface area contributed by atoms with Crippen molar-refractivity contribution in [1.82, 2.24) is 0 Å². The lowest BCUT2D eigenvalue weighted by Gasteiger charge is -2.42. The lowest BCUT2D eigenvalue weighted by atomic mass is 9.80. The van der Waals surface area contributed by atoms with E-state index < -0.39 is 44.7 Å². The monoisotopic (exact) mass is 358 g/mol. The molecule has 3 N–H and O–H groups in total. The van der Waals surface area contributed by atoms with Gasteiger partial charge in [0.25, 0.3) is 10.1 Å². The fourth-order valence-electron chi connectivity index (χ4n) is 2.73. The molecule has 1 aromatic rings. The van der Waals surface area contributed by atoms with Gasteiger partial charge in [-0.25, -0.2) is 0 Å². The maximum atomic E-state index is 12.6. The molecule has 0 saturated carbocycles. The third-order valence-electron chi connectivity index (χ3n) is 3.96. The van der Waals surface area contributed by atoms with Crippen molar-refractivity contribution >= 4 is 15.9 Å². The molecule has 8 nitrogen and oxygen atoms in total. The molecule has 1 atom stereocenters. The van der Waals surface area contributed by atoms with E-state index in [1.807, 2.05) is 0 Å². The van der Waals surface area contributed by atoms with E-state index in [-0.39, 0.29) is 5.56 Å². The maximum Gasteiger partial charge on any atom is 0.295 e. The van der Waals surface area contributed by atoms with E-state index in [9.17, 15) is 28.0 Å². The fourth-order valence-corrected chi connectivity index (χ4v) is 3.67. The predicted octanol–water partition coefficient (Wildman–Crippen LogP) is 0.331. The van der Waals surface area contributed by atoms with Crippen molar-refractivity contribution in [2.75, 3.05) is 14.2 Å². The van der Waals surface area contributed by atoms with Crippen LogP contribution >= 0.6 is 0 Å². The normalized spacial score (nSPS) is 22.7. The zero-order valence-electron chi connectivity index (χ0n) is 13.0. The van der Waals surface area contributed by atoms with Crippen molar-refractivity contribution in [3.8, 4) is 0 Å². The number of carbonyl (C=O) groups excluding carboxylic acids is 1. The number of benzene rings is 1. The molecule has 1 aromatic carbocycles.